The molecule has 0 saturated carbocycles. The lowest BCUT2D eigenvalue weighted by atomic mass is 10.2. The molecule has 2 aromatic carbocycles. The van der Waals surface area contributed by atoms with Gasteiger partial charge >= 0.3 is 6.09 Å². The number of carbonyl (C=O) groups excluding carboxylic acids is 2. The number of nitrogens with one attached hydrogen (secondary N) is 1. The zero-order valence-corrected chi connectivity index (χ0v) is 14.4. The van der Waals surface area contributed by atoms with Gasteiger partial charge in [-0.15, -0.1) is 0 Å². The fourth-order valence-electron chi connectivity index (χ4n) is 2.97. The summed E-state index contributed by atoms with van der Waals surface area (Å²) in [6.07, 6.45) is 0.493. The molecule has 0 bridgehead atoms. The standard InChI is InChI=1S/C19H21N3O3/c1-21(19(24)25-2)13-18(23)20-15-7-9-16(10-8-15)22-12-11-14-5-3-4-6-17(14)22/h3-10H,11-13H2,1-2H3,(H,20,23). The minimum Gasteiger partial charge on any atom is -0.453 e. The fraction of sp³-hybridized carbons (Fsp3) is 0.263. The van der Waals surface area contributed by atoms with Gasteiger partial charge in [0, 0.05) is 30.7 Å². The molecule has 2 aromatic rings. The van der Waals surface area contributed by atoms with Crippen molar-refractivity contribution in [3.05, 3.63) is 54.1 Å². The number of fused-ring (bicyclic) bond motifs is 1. The number of hydrogen-bond acceptors (Lipinski definition) is 4. The Hall–Kier alpha value is -3.02. The lowest BCUT2D eigenvalue weighted by molar-refractivity contribution is -0.116. The van der Waals surface area contributed by atoms with Crippen molar-refractivity contribution in [1.29, 1.82) is 0 Å². The van der Waals surface area contributed by atoms with Crippen LogP contribution in [-0.4, -0.2) is 44.1 Å². The second-order valence-electron chi connectivity index (χ2n) is 5.95. The molecule has 1 heterocycles. The molecule has 2 amide bonds. The number of ether oxygens (including phenoxy) is 1. The SMILES string of the molecule is COC(=O)N(C)CC(=O)Nc1ccc(N2CCc3ccccc32)cc1. The van der Waals surface area contributed by atoms with E-state index in [-0.39, 0.29) is 12.5 Å². The number of amides is 2. The first kappa shape index (κ1) is 16.8. The van der Waals surface area contributed by atoms with E-state index in [1.54, 1.807) is 0 Å². The largest absolute Gasteiger partial charge is 0.453 e. The molecule has 0 aliphatic carbocycles. The summed E-state index contributed by atoms with van der Waals surface area (Å²) >= 11 is 0. The van der Waals surface area contributed by atoms with E-state index in [0.717, 1.165) is 18.7 Å². The molecule has 6 nitrogen and oxygen atoms in total. The van der Waals surface area contributed by atoms with Crippen LogP contribution in [0.5, 0.6) is 0 Å². The van der Waals surface area contributed by atoms with Crippen molar-refractivity contribution in [2.45, 2.75) is 6.42 Å². The Kier molecular flexibility index (Phi) is 4.88. The number of hydrogen-bond donors (Lipinski definition) is 1. The van der Waals surface area contributed by atoms with Crippen LogP contribution in [0.1, 0.15) is 5.56 Å². The zero-order chi connectivity index (χ0) is 17.8. The molecule has 0 aromatic heterocycles. The molecule has 0 unspecified atom stereocenters. The number of methoxy groups -OCH3 is 1. The maximum atomic E-state index is 12.0. The Morgan fingerprint density at radius 1 is 1.16 bits per heavy atom. The lowest BCUT2D eigenvalue weighted by Gasteiger charge is -2.20. The van der Waals surface area contributed by atoms with Gasteiger partial charge in [0.25, 0.3) is 0 Å². The molecule has 25 heavy (non-hydrogen) atoms. The smallest absolute Gasteiger partial charge is 0.409 e. The van der Waals surface area contributed by atoms with E-state index >= 15 is 0 Å². The Morgan fingerprint density at radius 3 is 2.60 bits per heavy atom. The summed E-state index contributed by atoms with van der Waals surface area (Å²) in [5.41, 5.74) is 4.37. The van der Waals surface area contributed by atoms with Crippen LogP contribution in [0.4, 0.5) is 21.9 Å². The predicted molar refractivity (Wildman–Crippen MR) is 97.3 cm³/mol. The quantitative estimate of drug-likeness (QED) is 0.930. The highest BCUT2D eigenvalue weighted by Crippen LogP contribution is 2.34. The van der Waals surface area contributed by atoms with Crippen LogP contribution in [0.2, 0.25) is 0 Å². The Labute approximate surface area is 147 Å². The minimum absolute atomic E-state index is 0.0616. The van der Waals surface area contributed by atoms with Crippen LogP contribution >= 0.6 is 0 Å². The number of carbonyl (C=O) groups is 2. The van der Waals surface area contributed by atoms with Crippen molar-refractivity contribution in [2.75, 3.05) is 37.5 Å². The first-order valence-electron chi connectivity index (χ1n) is 8.13. The third-order valence-electron chi connectivity index (χ3n) is 4.22. The number of anilines is 3. The Balaban J connectivity index is 1.63. The summed E-state index contributed by atoms with van der Waals surface area (Å²) in [4.78, 5) is 26.8. The normalized spacial score (nSPS) is 12.5. The monoisotopic (exact) mass is 339 g/mol. The van der Waals surface area contributed by atoms with E-state index in [2.05, 4.69) is 33.2 Å². The van der Waals surface area contributed by atoms with E-state index in [9.17, 15) is 9.59 Å². The second-order valence-corrected chi connectivity index (χ2v) is 5.95. The van der Waals surface area contributed by atoms with Gasteiger partial charge < -0.3 is 19.9 Å². The lowest BCUT2D eigenvalue weighted by Crippen LogP contribution is -2.34. The Bertz CT molecular complexity index is 774. The van der Waals surface area contributed by atoms with Gasteiger partial charge in [0.05, 0.1) is 7.11 Å². The van der Waals surface area contributed by atoms with Gasteiger partial charge in [-0.25, -0.2) is 4.79 Å². The van der Waals surface area contributed by atoms with Crippen molar-refractivity contribution in [3.8, 4) is 0 Å². The first-order chi connectivity index (χ1) is 12.1. The number of benzene rings is 2. The van der Waals surface area contributed by atoms with Crippen molar-refractivity contribution in [1.82, 2.24) is 4.90 Å². The first-order valence-corrected chi connectivity index (χ1v) is 8.13. The minimum atomic E-state index is -0.543. The molecule has 1 N–H and O–H groups in total. The highest BCUT2D eigenvalue weighted by atomic mass is 16.5. The van der Waals surface area contributed by atoms with Crippen LogP contribution < -0.4 is 10.2 Å². The van der Waals surface area contributed by atoms with E-state index in [1.807, 2.05) is 30.3 Å². The molecule has 130 valence electrons. The fourth-order valence-corrected chi connectivity index (χ4v) is 2.97. The molecule has 1 aliphatic rings. The summed E-state index contributed by atoms with van der Waals surface area (Å²) in [6, 6.07) is 16.1. The summed E-state index contributed by atoms with van der Waals surface area (Å²) in [7, 11) is 2.80. The average molecular weight is 339 g/mol. The summed E-state index contributed by atoms with van der Waals surface area (Å²) in [6.45, 7) is 0.892. The van der Waals surface area contributed by atoms with Crippen LogP contribution in [-0.2, 0) is 16.0 Å². The number of rotatable bonds is 4. The summed E-state index contributed by atoms with van der Waals surface area (Å²) < 4.78 is 4.57. The van der Waals surface area contributed by atoms with Gasteiger partial charge in [0.2, 0.25) is 5.91 Å². The molecule has 0 fully saturated rings. The molecular weight excluding hydrogens is 318 g/mol. The van der Waals surface area contributed by atoms with Gasteiger partial charge in [-0.2, -0.15) is 0 Å². The Morgan fingerprint density at radius 2 is 1.88 bits per heavy atom. The molecular formula is C19H21N3O3. The molecule has 6 heteroatoms. The van der Waals surface area contributed by atoms with Crippen LogP contribution in [0.3, 0.4) is 0 Å². The van der Waals surface area contributed by atoms with Crippen LogP contribution in [0, 0.1) is 0 Å². The van der Waals surface area contributed by atoms with E-state index in [1.165, 1.54) is 30.3 Å². The van der Waals surface area contributed by atoms with Crippen molar-refractivity contribution >= 4 is 29.1 Å². The van der Waals surface area contributed by atoms with Crippen LogP contribution in [0.15, 0.2) is 48.5 Å². The molecule has 1 aliphatic heterocycles. The number of likely N-dealkylation sites (N-methyl/N-ethyl adjacent to an activating group) is 1. The van der Waals surface area contributed by atoms with Crippen LogP contribution in [0.25, 0.3) is 0 Å². The number of nitrogens with zero attached hydrogens (tertiary/aromatic N) is 2. The van der Waals surface area contributed by atoms with E-state index in [0.29, 0.717) is 5.69 Å². The van der Waals surface area contributed by atoms with Gasteiger partial charge in [0.1, 0.15) is 6.54 Å². The molecule has 0 radical (unpaired) electrons. The summed E-state index contributed by atoms with van der Waals surface area (Å²) in [5, 5.41) is 2.78. The van der Waals surface area contributed by atoms with E-state index < -0.39 is 6.09 Å². The maximum absolute atomic E-state index is 12.0. The highest BCUT2D eigenvalue weighted by Gasteiger charge is 2.19. The third-order valence-corrected chi connectivity index (χ3v) is 4.22. The highest BCUT2D eigenvalue weighted by molar-refractivity contribution is 5.94. The zero-order valence-electron chi connectivity index (χ0n) is 14.4. The average Bonchev–Trinajstić information content (AvgIpc) is 3.05. The predicted octanol–water partition coefficient (Wildman–Crippen LogP) is 3.02. The second kappa shape index (κ2) is 7.25. The van der Waals surface area contributed by atoms with Crippen molar-refractivity contribution in [2.24, 2.45) is 0 Å². The molecule has 0 atom stereocenters. The van der Waals surface area contributed by atoms with Gasteiger partial charge in [0.15, 0.2) is 0 Å². The summed E-state index contributed by atoms with van der Waals surface area (Å²) in [5.74, 6) is -0.271. The third kappa shape index (κ3) is 3.74. The molecule has 3 rings (SSSR count). The van der Waals surface area contributed by atoms with Gasteiger partial charge in [-0.3, -0.25) is 4.79 Å². The van der Waals surface area contributed by atoms with Crippen molar-refractivity contribution < 1.29 is 14.3 Å². The van der Waals surface area contributed by atoms with Crippen molar-refractivity contribution in [3.63, 3.8) is 0 Å². The topological polar surface area (TPSA) is 61.9 Å². The van der Waals surface area contributed by atoms with Gasteiger partial charge in [-0.05, 0) is 42.3 Å². The molecule has 0 spiro atoms. The maximum Gasteiger partial charge on any atom is 0.409 e. The van der Waals surface area contributed by atoms with Gasteiger partial charge in [-0.1, -0.05) is 18.2 Å². The van der Waals surface area contributed by atoms with E-state index in [4.69, 9.17) is 0 Å². The number of para-hydroxylation sites is 1. The molecule has 0 saturated heterocycles.